The molecule has 0 amide bonds. The summed E-state index contributed by atoms with van der Waals surface area (Å²) in [6, 6.07) is 7.91. The molecule has 0 radical (unpaired) electrons. The second-order valence-electron chi connectivity index (χ2n) is 5.32. The summed E-state index contributed by atoms with van der Waals surface area (Å²) in [5.41, 5.74) is 3.66. The summed E-state index contributed by atoms with van der Waals surface area (Å²) in [7, 11) is 0. The molecule has 0 saturated carbocycles. The standard InChI is InChI=1S/C16H15ClN2S/c17-12-8-6-11(7-9-12)13-10-19-14-4-2-1-3-5-15(14)20-16(19)18-13/h6-10H,1-5H2. The molecule has 20 heavy (non-hydrogen) atoms. The molecule has 0 bridgehead atoms. The quantitative estimate of drug-likeness (QED) is 0.579. The van der Waals surface area contributed by atoms with Crippen LogP contribution in [-0.2, 0) is 12.8 Å². The molecule has 1 aromatic carbocycles. The maximum absolute atomic E-state index is 5.95. The number of thiazole rings is 1. The molecular weight excluding hydrogens is 288 g/mol. The molecule has 2 nitrogen and oxygen atoms in total. The van der Waals surface area contributed by atoms with Crippen LogP contribution in [-0.4, -0.2) is 9.38 Å². The van der Waals surface area contributed by atoms with E-state index < -0.39 is 0 Å². The minimum atomic E-state index is 0.767. The van der Waals surface area contributed by atoms with Gasteiger partial charge >= 0.3 is 0 Å². The maximum atomic E-state index is 5.95. The molecule has 2 heterocycles. The zero-order valence-corrected chi connectivity index (χ0v) is 12.7. The number of aryl methyl sites for hydroxylation is 2. The van der Waals surface area contributed by atoms with Gasteiger partial charge < -0.3 is 0 Å². The number of hydrogen-bond acceptors (Lipinski definition) is 2. The first kappa shape index (κ1) is 12.4. The van der Waals surface area contributed by atoms with Crippen LogP contribution in [0.2, 0.25) is 5.02 Å². The van der Waals surface area contributed by atoms with Crippen LogP contribution in [0.5, 0.6) is 0 Å². The maximum Gasteiger partial charge on any atom is 0.194 e. The second kappa shape index (κ2) is 4.90. The van der Waals surface area contributed by atoms with Crippen molar-refractivity contribution in [3.8, 4) is 11.3 Å². The number of rotatable bonds is 1. The molecule has 0 fully saturated rings. The lowest BCUT2D eigenvalue weighted by Crippen LogP contribution is -1.91. The van der Waals surface area contributed by atoms with E-state index in [1.165, 1.54) is 42.7 Å². The first-order chi connectivity index (χ1) is 9.81. The monoisotopic (exact) mass is 302 g/mol. The van der Waals surface area contributed by atoms with E-state index in [9.17, 15) is 0 Å². The van der Waals surface area contributed by atoms with Crippen LogP contribution >= 0.6 is 22.9 Å². The third-order valence-corrected chi connectivity index (χ3v) is 5.37. The van der Waals surface area contributed by atoms with Gasteiger partial charge in [0.25, 0.3) is 0 Å². The second-order valence-corrected chi connectivity index (χ2v) is 6.82. The van der Waals surface area contributed by atoms with Gasteiger partial charge in [0.1, 0.15) is 0 Å². The molecule has 0 saturated heterocycles. The van der Waals surface area contributed by atoms with Crippen LogP contribution in [0.1, 0.15) is 29.8 Å². The van der Waals surface area contributed by atoms with Crippen molar-refractivity contribution in [1.82, 2.24) is 9.38 Å². The summed E-state index contributed by atoms with van der Waals surface area (Å²) >= 11 is 7.80. The van der Waals surface area contributed by atoms with E-state index in [1.807, 2.05) is 35.6 Å². The summed E-state index contributed by atoms with van der Waals surface area (Å²) < 4.78 is 2.30. The number of benzene rings is 1. The molecule has 4 heteroatoms. The highest BCUT2D eigenvalue weighted by atomic mass is 35.5. The van der Waals surface area contributed by atoms with E-state index in [2.05, 4.69) is 10.6 Å². The summed E-state index contributed by atoms with van der Waals surface area (Å²) in [4.78, 5) is 7.45. The van der Waals surface area contributed by atoms with Gasteiger partial charge in [-0.1, -0.05) is 30.2 Å². The molecule has 0 aliphatic heterocycles. The third-order valence-electron chi connectivity index (χ3n) is 3.96. The first-order valence-corrected chi connectivity index (χ1v) is 8.26. The van der Waals surface area contributed by atoms with Gasteiger partial charge in [-0.2, -0.15) is 0 Å². The fraction of sp³-hybridized carbons (Fsp3) is 0.312. The minimum Gasteiger partial charge on any atom is -0.294 e. The van der Waals surface area contributed by atoms with E-state index in [-0.39, 0.29) is 0 Å². The molecule has 4 rings (SSSR count). The van der Waals surface area contributed by atoms with Gasteiger partial charge in [0.2, 0.25) is 0 Å². The third kappa shape index (κ3) is 2.05. The molecule has 0 N–H and O–H groups in total. The number of aromatic nitrogens is 2. The molecule has 0 unspecified atom stereocenters. The van der Waals surface area contributed by atoms with Crippen LogP contribution in [0.15, 0.2) is 30.5 Å². The SMILES string of the molecule is Clc1ccc(-c2cn3c4c(sc3n2)CCCCC4)cc1. The topological polar surface area (TPSA) is 17.3 Å². The average Bonchev–Trinajstić information content (AvgIpc) is 2.90. The van der Waals surface area contributed by atoms with Crippen molar-refractivity contribution in [3.63, 3.8) is 0 Å². The fourth-order valence-electron chi connectivity index (χ4n) is 2.90. The summed E-state index contributed by atoms with van der Waals surface area (Å²) in [5, 5.41) is 0.767. The van der Waals surface area contributed by atoms with Crippen molar-refractivity contribution in [2.24, 2.45) is 0 Å². The van der Waals surface area contributed by atoms with Gasteiger partial charge in [0.05, 0.1) is 5.69 Å². The fourth-order valence-corrected chi connectivity index (χ4v) is 4.22. The van der Waals surface area contributed by atoms with Crippen molar-refractivity contribution >= 4 is 27.9 Å². The van der Waals surface area contributed by atoms with Crippen molar-refractivity contribution in [1.29, 1.82) is 0 Å². The Bertz CT molecular complexity index is 755. The van der Waals surface area contributed by atoms with E-state index >= 15 is 0 Å². The highest BCUT2D eigenvalue weighted by Gasteiger charge is 2.17. The van der Waals surface area contributed by atoms with Gasteiger partial charge in [0, 0.05) is 27.4 Å². The average molecular weight is 303 g/mol. The molecule has 102 valence electrons. The highest BCUT2D eigenvalue weighted by molar-refractivity contribution is 7.17. The van der Waals surface area contributed by atoms with Gasteiger partial charge in [-0.15, -0.1) is 11.3 Å². The number of fused-ring (bicyclic) bond motifs is 3. The molecule has 0 atom stereocenters. The van der Waals surface area contributed by atoms with Crippen LogP contribution in [0.4, 0.5) is 0 Å². The van der Waals surface area contributed by atoms with Crippen LogP contribution in [0.25, 0.3) is 16.2 Å². The molecular formula is C16H15ClN2S. The molecule has 1 aliphatic rings. The van der Waals surface area contributed by atoms with Crippen LogP contribution in [0, 0.1) is 0 Å². The Morgan fingerprint density at radius 3 is 2.70 bits per heavy atom. The lowest BCUT2D eigenvalue weighted by atomic mass is 10.2. The lowest BCUT2D eigenvalue weighted by molar-refractivity contribution is 0.707. The number of halogens is 1. The van der Waals surface area contributed by atoms with Gasteiger partial charge in [0.15, 0.2) is 4.96 Å². The Kier molecular flexibility index (Phi) is 3.04. The Morgan fingerprint density at radius 1 is 1.05 bits per heavy atom. The predicted molar refractivity (Wildman–Crippen MR) is 84.8 cm³/mol. The van der Waals surface area contributed by atoms with Crippen LogP contribution < -0.4 is 0 Å². The highest BCUT2D eigenvalue weighted by Crippen LogP contribution is 2.31. The summed E-state index contributed by atoms with van der Waals surface area (Å²) in [6.07, 6.45) is 8.56. The number of nitrogens with zero attached hydrogens (tertiary/aromatic N) is 2. The smallest absolute Gasteiger partial charge is 0.194 e. The van der Waals surface area contributed by atoms with Crippen LogP contribution in [0.3, 0.4) is 0 Å². The van der Waals surface area contributed by atoms with E-state index in [1.54, 1.807) is 0 Å². The van der Waals surface area contributed by atoms with Gasteiger partial charge in [-0.05, 0) is 37.8 Å². The largest absolute Gasteiger partial charge is 0.294 e. The lowest BCUT2D eigenvalue weighted by Gasteiger charge is -1.99. The minimum absolute atomic E-state index is 0.767. The molecule has 1 aliphatic carbocycles. The van der Waals surface area contributed by atoms with Crippen molar-refractivity contribution < 1.29 is 0 Å². The van der Waals surface area contributed by atoms with E-state index in [0.29, 0.717) is 0 Å². The molecule has 2 aromatic heterocycles. The van der Waals surface area contributed by atoms with Gasteiger partial charge in [-0.25, -0.2) is 4.98 Å². The zero-order chi connectivity index (χ0) is 13.5. The molecule has 0 spiro atoms. The van der Waals surface area contributed by atoms with Crippen molar-refractivity contribution in [3.05, 3.63) is 46.1 Å². The van der Waals surface area contributed by atoms with Gasteiger partial charge in [-0.3, -0.25) is 4.40 Å². The first-order valence-electron chi connectivity index (χ1n) is 7.07. The Morgan fingerprint density at radius 2 is 1.85 bits per heavy atom. The number of imidazole rings is 1. The Balaban J connectivity index is 1.81. The molecule has 3 aromatic rings. The van der Waals surface area contributed by atoms with E-state index in [4.69, 9.17) is 16.6 Å². The Hall–Kier alpha value is -1.32. The summed E-state index contributed by atoms with van der Waals surface area (Å²) in [6.45, 7) is 0. The summed E-state index contributed by atoms with van der Waals surface area (Å²) in [5.74, 6) is 0. The normalized spacial score (nSPS) is 15.2. The predicted octanol–water partition coefficient (Wildman–Crippen LogP) is 4.99. The van der Waals surface area contributed by atoms with Crippen molar-refractivity contribution in [2.75, 3.05) is 0 Å². The Labute approximate surface area is 127 Å². The van der Waals surface area contributed by atoms with Crippen molar-refractivity contribution in [2.45, 2.75) is 32.1 Å². The number of hydrogen-bond donors (Lipinski definition) is 0. The van der Waals surface area contributed by atoms with E-state index in [0.717, 1.165) is 21.2 Å². The zero-order valence-electron chi connectivity index (χ0n) is 11.1.